The average Bonchev–Trinajstić information content (AvgIpc) is 3.38. The highest BCUT2D eigenvalue weighted by atomic mass is 32.1. The molecule has 0 bridgehead atoms. The van der Waals surface area contributed by atoms with Gasteiger partial charge in [0.2, 0.25) is 0 Å². The minimum atomic E-state index is -4.39. The monoisotopic (exact) mass is 531 g/mol. The third kappa shape index (κ3) is 6.88. The molecule has 1 aromatic heterocycles. The fraction of sp³-hybridized carbons (Fsp3) is 0.370. The van der Waals surface area contributed by atoms with Crippen LogP contribution in [0.4, 0.5) is 13.2 Å². The maximum Gasteiger partial charge on any atom is 0.416 e. The summed E-state index contributed by atoms with van der Waals surface area (Å²) in [6.07, 6.45) is -2.90. The van der Waals surface area contributed by atoms with E-state index in [1.54, 1.807) is 10.3 Å². The van der Waals surface area contributed by atoms with Gasteiger partial charge in [-0.3, -0.25) is 9.59 Å². The van der Waals surface area contributed by atoms with E-state index in [9.17, 15) is 22.8 Å². The van der Waals surface area contributed by atoms with Crippen molar-refractivity contribution in [1.82, 2.24) is 15.2 Å². The van der Waals surface area contributed by atoms with Gasteiger partial charge in [0, 0.05) is 30.9 Å². The van der Waals surface area contributed by atoms with Crippen LogP contribution in [0.25, 0.3) is 0 Å². The first kappa shape index (κ1) is 26.7. The predicted octanol–water partition coefficient (Wildman–Crippen LogP) is 5.49. The van der Waals surface area contributed by atoms with Gasteiger partial charge in [-0.05, 0) is 67.6 Å². The number of nitrogens with one attached hydrogen (secondary N) is 1. The van der Waals surface area contributed by atoms with Crippen molar-refractivity contribution in [2.45, 2.75) is 45.3 Å². The molecule has 2 amide bonds. The van der Waals surface area contributed by atoms with Crippen LogP contribution in [0.3, 0.4) is 0 Å². The van der Waals surface area contributed by atoms with Crippen molar-refractivity contribution in [2.75, 3.05) is 19.7 Å². The molecule has 10 heteroatoms. The molecule has 1 aliphatic rings. The van der Waals surface area contributed by atoms with E-state index in [2.05, 4.69) is 10.3 Å². The van der Waals surface area contributed by atoms with Crippen molar-refractivity contribution >= 4 is 23.2 Å². The van der Waals surface area contributed by atoms with Gasteiger partial charge in [-0.25, -0.2) is 4.98 Å². The Morgan fingerprint density at radius 3 is 2.43 bits per heavy atom. The fourth-order valence-electron chi connectivity index (χ4n) is 4.08. The third-order valence-electron chi connectivity index (χ3n) is 6.53. The van der Waals surface area contributed by atoms with Crippen molar-refractivity contribution in [3.63, 3.8) is 0 Å². The number of hydrogen-bond acceptors (Lipinski definition) is 5. The molecule has 1 aliphatic heterocycles. The Labute approximate surface area is 217 Å². The molecule has 0 spiro atoms. The normalized spacial score (nSPS) is 14.5. The van der Waals surface area contributed by atoms with Crippen LogP contribution in [0.5, 0.6) is 5.75 Å². The number of halogens is 3. The Kier molecular flexibility index (Phi) is 8.16. The summed E-state index contributed by atoms with van der Waals surface area (Å²) >= 11 is 1.41. The van der Waals surface area contributed by atoms with Gasteiger partial charge >= 0.3 is 6.18 Å². The Bertz CT molecular complexity index is 1250. The second-order valence-corrected chi connectivity index (χ2v) is 10.0. The number of likely N-dealkylation sites (tertiary alicyclic amines) is 1. The van der Waals surface area contributed by atoms with Gasteiger partial charge in [0.15, 0.2) is 6.61 Å². The zero-order valence-electron chi connectivity index (χ0n) is 20.6. The number of carbonyl (C=O) groups excluding carboxylic acids is 2. The first-order valence-electron chi connectivity index (χ1n) is 12.0. The van der Waals surface area contributed by atoms with E-state index < -0.39 is 11.7 Å². The molecule has 3 aromatic rings. The van der Waals surface area contributed by atoms with E-state index in [4.69, 9.17) is 4.74 Å². The van der Waals surface area contributed by atoms with Crippen LogP contribution in [0.2, 0.25) is 0 Å². The topological polar surface area (TPSA) is 71.5 Å². The maximum absolute atomic E-state index is 12.7. The Balaban J connectivity index is 1.23. The molecule has 0 saturated carbocycles. The number of hydrogen-bond donors (Lipinski definition) is 1. The molecule has 0 atom stereocenters. The number of aryl methyl sites for hydroxylation is 2. The highest BCUT2D eigenvalue weighted by Crippen LogP contribution is 2.31. The van der Waals surface area contributed by atoms with Crippen molar-refractivity contribution in [1.29, 1.82) is 0 Å². The summed E-state index contributed by atoms with van der Waals surface area (Å²) in [6.45, 7) is 5.31. The number of aromatic nitrogens is 1. The number of rotatable bonds is 7. The van der Waals surface area contributed by atoms with Crippen LogP contribution >= 0.6 is 11.3 Å². The molecule has 1 N–H and O–H groups in total. The minimum Gasteiger partial charge on any atom is -0.484 e. The standard InChI is InChI=1S/C27H28F3N3O3S/c1-17-3-8-22(13-18(17)2)36-15-24(34)33-11-9-20(10-12-33)26-32-23(16-37-26)25(35)31-14-19-4-6-21(7-5-19)27(28,29)30/h3-8,13,16,20H,9-12,14-15H2,1-2H3,(H,31,35). The Hall–Kier alpha value is -3.40. The lowest BCUT2D eigenvalue weighted by atomic mass is 9.97. The molecule has 0 aliphatic carbocycles. The molecule has 6 nitrogen and oxygen atoms in total. The first-order valence-corrected chi connectivity index (χ1v) is 12.9. The largest absolute Gasteiger partial charge is 0.484 e. The van der Waals surface area contributed by atoms with E-state index >= 15 is 0 Å². The van der Waals surface area contributed by atoms with Gasteiger partial charge in [0.25, 0.3) is 11.8 Å². The zero-order chi connectivity index (χ0) is 26.6. The lowest BCUT2D eigenvalue weighted by molar-refractivity contribution is -0.137. The summed E-state index contributed by atoms with van der Waals surface area (Å²) < 4.78 is 43.8. The summed E-state index contributed by atoms with van der Waals surface area (Å²) in [7, 11) is 0. The fourth-order valence-corrected chi connectivity index (χ4v) is 5.05. The summed E-state index contributed by atoms with van der Waals surface area (Å²) in [5, 5.41) is 5.24. The Morgan fingerprint density at radius 1 is 1.08 bits per heavy atom. The van der Waals surface area contributed by atoms with Gasteiger partial charge in [-0.2, -0.15) is 13.2 Å². The second kappa shape index (κ2) is 11.3. The van der Waals surface area contributed by atoms with Crippen molar-refractivity contribution < 1.29 is 27.5 Å². The predicted molar refractivity (Wildman–Crippen MR) is 135 cm³/mol. The van der Waals surface area contributed by atoms with Crippen molar-refractivity contribution in [3.8, 4) is 5.75 Å². The molecule has 2 heterocycles. The summed E-state index contributed by atoms with van der Waals surface area (Å²) in [4.78, 5) is 31.4. The molecule has 1 saturated heterocycles. The van der Waals surface area contributed by atoms with Crippen LogP contribution < -0.4 is 10.1 Å². The number of benzene rings is 2. The molecule has 37 heavy (non-hydrogen) atoms. The highest BCUT2D eigenvalue weighted by Gasteiger charge is 2.30. The number of piperidine rings is 1. The number of nitrogens with zero attached hydrogens (tertiary/aromatic N) is 2. The molecule has 0 unspecified atom stereocenters. The average molecular weight is 532 g/mol. The second-order valence-electron chi connectivity index (χ2n) is 9.14. The molecule has 196 valence electrons. The van der Waals surface area contributed by atoms with Crippen LogP contribution in [0.1, 0.15) is 56.5 Å². The van der Waals surface area contributed by atoms with E-state index in [1.807, 2.05) is 32.0 Å². The minimum absolute atomic E-state index is 0.00628. The quantitative estimate of drug-likeness (QED) is 0.438. The molecule has 0 radical (unpaired) electrons. The van der Waals surface area contributed by atoms with Crippen LogP contribution in [0.15, 0.2) is 47.8 Å². The smallest absolute Gasteiger partial charge is 0.416 e. The number of amides is 2. The molecular formula is C27H28F3N3O3S. The van der Waals surface area contributed by atoms with Gasteiger partial charge in [0.1, 0.15) is 11.4 Å². The maximum atomic E-state index is 12.7. The van der Waals surface area contributed by atoms with E-state index in [-0.39, 0.29) is 36.6 Å². The highest BCUT2D eigenvalue weighted by molar-refractivity contribution is 7.09. The van der Waals surface area contributed by atoms with Crippen LogP contribution in [-0.4, -0.2) is 41.4 Å². The van der Waals surface area contributed by atoms with E-state index in [0.29, 0.717) is 24.4 Å². The summed E-state index contributed by atoms with van der Waals surface area (Å²) in [5.41, 5.74) is 2.40. The van der Waals surface area contributed by atoms with Crippen LogP contribution in [-0.2, 0) is 17.5 Å². The number of thiazole rings is 1. The summed E-state index contributed by atoms with van der Waals surface area (Å²) in [5.74, 6) is 0.405. The SMILES string of the molecule is Cc1ccc(OCC(=O)N2CCC(c3nc(C(=O)NCc4ccc(C(F)(F)F)cc4)cs3)CC2)cc1C. The molecule has 1 fully saturated rings. The van der Waals surface area contributed by atoms with E-state index in [0.717, 1.165) is 35.5 Å². The number of alkyl halides is 3. The van der Waals surface area contributed by atoms with Crippen LogP contribution in [0, 0.1) is 13.8 Å². The van der Waals surface area contributed by atoms with Gasteiger partial charge in [-0.1, -0.05) is 18.2 Å². The number of carbonyl (C=O) groups is 2. The third-order valence-corrected chi connectivity index (χ3v) is 7.53. The van der Waals surface area contributed by atoms with E-state index in [1.165, 1.54) is 29.0 Å². The summed E-state index contributed by atoms with van der Waals surface area (Å²) in [6, 6.07) is 10.4. The van der Waals surface area contributed by atoms with Crippen molar-refractivity contribution in [3.05, 3.63) is 80.8 Å². The van der Waals surface area contributed by atoms with Crippen molar-refractivity contribution in [2.24, 2.45) is 0 Å². The van der Waals surface area contributed by atoms with Gasteiger partial charge < -0.3 is 15.0 Å². The molecular weight excluding hydrogens is 503 g/mol. The number of ether oxygens (including phenoxy) is 1. The lowest BCUT2D eigenvalue weighted by Gasteiger charge is -2.31. The molecule has 4 rings (SSSR count). The zero-order valence-corrected chi connectivity index (χ0v) is 21.4. The van der Waals surface area contributed by atoms with Gasteiger partial charge in [0.05, 0.1) is 10.6 Å². The van der Waals surface area contributed by atoms with Gasteiger partial charge in [-0.15, -0.1) is 11.3 Å². The Morgan fingerprint density at radius 2 is 1.78 bits per heavy atom. The molecule has 2 aromatic carbocycles. The first-order chi connectivity index (χ1) is 17.6. The lowest BCUT2D eigenvalue weighted by Crippen LogP contribution is -2.40.